The summed E-state index contributed by atoms with van der Waals surface area (Å²) < 4.78 is 6.01. The summed E-state index contributed by atoms with van der Waals surface area (Å²) >= 11 is 0. The van der Waals surface area contributed by atoms with Crippen molar-refractivity contribution < 1.29 is 4.74 Å². The van der Waals surface area contributed by atoms with Crippen LogP contribution in [0.25, 0.3) is 0 Å². The minimum atomic E-state index is 0.00646. The molecule has 1 fully saturated rings. The Morgan fingerprint density at radius 2 is 1.75 bits per heavy atom. The third-order valence-electron chi connectivity index (χ3n) is 1.93. The number of hydrogen-bond acceptors (Lipinski definition) is 2. The first kappa shape index (κ1) is 10.0. The number of ether oxygens (including phenoxy) is 1. The fourth-order valence-corrected chi connectivity index (χ4v) is 1.66. The first-order valence-corrected chi connectivity index (χ1v) is 4.68. The van der Waals surface area contributed by atoms with E-state index in [4.69, 9.17) is 4.74 Å². The van der Waals surface area contributed by atoms with Crippen LogP contribution in [-0.2, 0) is 4.74 Å². The summed E-state index contributed by atoms with van der Waals surface area (Å²) in [7, 11) is 4.21. The highest BCUT2D eigenvalue weighted by atomic mass is 16.5. The van der Waals surface area contributed by atoms with Crippen molar-refractivity contribution in [3.05, 3.63) is 0 Å². The Morgan fingerprint density at radius 1 is 1.25 bits per heavy atom. The van der Waals surface area contributed by atoms with Gasteiger partial charge in [0.15, 0.2) is 0 Å². The Hall–Kier alpha value is -0.0800. The van der Waals surface area contributed by atoms with Crippen LogP contribution in [-0.4, -0.2) is 36.7 Å². The summed E-state index contributed by atoms with van der Waals surface area (Å²) in [6, 6.07) is 0. The summed E-state index contributed by atoms with van der Waals surface area (Å²) in [6.07, 6.45) is 2.45. The Balaban J connectivity index is 2.40. The molecule has 0 aromatic heterocycles. The molecule has 1 rings (SSSR count). The largest absolute Gasteiger partial charge is 0.368 e. The van der Waals surface area contributed by atoms with Crippen LogP contribution in [0.3, 0.4) is 0 Å². The van der Waals surface area contributed by atoms with E-state index in [1.807, 2.05) is 0 Å². The maximum Gasteiger partial charge on any atom is 0.0817 e. The first-order chi connectivity index (χ1) is 5.33. The highest BCUT2D eigenvalue weighted by Gasteiger charge is 2.46. The van der Waals surface area contributed by atoms with E-state index in [9.17, 15) is 0 Å². The molecule has 0 N–H and O–H groups in total. The molecule has 0 spiro atoms. The number of nitrogens with zero attached hydrogens (tertiary/aromatic N) is 1. The van der Waals surface area contributed by atoms with Crippen molar-refractivity contribution in [2.75, 3.05) is 20.6 Å². The molecule has 0 bridgehead atoms. The third kappa shape index (κ3) is 3.11. The first-order valence-electron chi connectivity index (χ1n) is 4.68. The average molecular weight is 171 g/mol. The predicted octanol–water partition coefficient (Wildman–Crippen LogP) is 1.90. The van der Waals surface area contributed by atoms with Crippen LogP contribution < -0.4 is 0 Å². The minimum absolute atomic E-state index is 0.00646. The predicted molar refractivity (Wildman–Crippen MR) is 51.4 cm³/mol. The highest BCUT2D eigenvalue weighted by molar-refractivity contribution is 4.99. The molecule has 12 heavy (non-hydrogen) atoms. The second kappa shape index (κ2) is 3.00. The second-order valence-electron chi connectivity index (χ2n) is 5.14. The van der Waals surface area contributed by atoms with Gasteiger partial charge in [-0.25, -0.2) is 0 Å². The quantitative estimate of drug-likeness (QED) is 0.643. The molecule has 1 aliphatic carbocycles. The third-order valence-corrected chi connectivity index (χ3v) is 1.93. The molecule has 1 aliphatic rings. The van der Waals surface area contributed by atoms with E-state index in [0.29, 0.717) is 0 Å². The van der Waals surface area contributed by atoms with Gasteiger partial charge in [-0.3, -0.25) is 0 Å². The van der Waals surface area contributed by atoms with Gasteiger partial charge in [-0.15, -0.1) is 0 Å². The summed E-state index contributed by atoms with van der Waals surface area (Å²) in [6.45, 7) is 7.44. The summed E-state index contributed by atoms with van der Waals surface area (Å²) in [4.78, 5) is 2.21. The van der Waals surface area contributed by atoms with Gasteiger partial charge in [0.05, 0.1) is 11.2 Å². The van der Waals surface area contributed by atoms with Gasteiger partial charge in [-0.2, -0.15) is 0 Å². The lowest BCUT2D eigenvalue weighted by atomic mass is 10.1. The Bertz CT molecular complexity index is 154. The van der Waals surface area contributed by atoms with E-state index in [0.717, 1.165) is 6.54 Å². The van der Waals surface area contributed by atoms with Gasteiger partial charge in [0, 0.05) is 6.54 Å². The highest BCUT2D eigenvalue weighted by Crippen LogP contribution is 2.42. The van der Waals surface area contributed by atoms with E-state index in [-0.39, 0.29) is 11.2 Å². The fraction of sp³-hybridized carbons (Fsp3) is 1.00. The molecule has 0 radical (unpaired) electrons. The average Bonchev–Trinajstić information content (AvgIpc) is 2.40. The Morgan fingerprint density at radius 3 is 2.00 bits per heavy atom. The van der Waals surface area contributed by atoms with Crippen molar-refractivity contribution in [2.24, 2.45) is 0 Å². The normalized spacial score (nSPS) is 21.5. The van der Waals surface area contributed by atoms with Crippen LogP contribution in [0.4, 0.5) is 0 Å². The maximum atomic E-state index is 6.01. The molecule has 0 saturated heterocycles. The van der Waals surface area contributed by atoms with Crippen molar-refractivity contribution in [2.45, 2.75) is 44.8 Å². The smallest absolute Gasteiger partial charge is 0.0817 e. The van der Waals surface area contributed by atoms with Crippen molar-refractivity contribution in [3.63, 3.8) is 0 Å². The van der Waals surface area contributed by atoms with Crippen molar-refractivity contribution in [1.82, 2.24) is 4.90 Å². The van der Waals surface area contributed by atoms with Gasteiger partial charge < -0.3 is 9.64 Å². The lowest BCUT2D eigenvalue weighted by Crippen LogP contribution is -2.36. The molecule has 2 heteroatoms. The molecule has 2 nitrogen and oxygen atoms in total. The van der Waals surface area contributed by atoms with Crippen LogP contribution in [0, 0.1) is 0 Å². The lowest BCUT2D eigenvalue weighted by molar-refractivity contribution is -0.0839. The van der Waals surface area contributed by atoms with E-state index in [1.54, 1.807) is 0 Å². The minimum Gasteiger partial charge on any atom is -0.368 e. The summed E-state index contributed by atoms with van der Waals surface area (Å²) in [5, 5.41) is 0. The molecule has 1 saturated carbocycles. The Labute approximate surface area is 75.9 Å². The molecular weight excluding hydrogens is 150 g/mol. The van der Waals surface area contributed by atoms with E-state index < -0.39 is 0 Å². The Kier molecular flexibility index (Phi) is 2.50. The van der Waals surface area contributed by atoms with Crippen molar-refractivity contribution in [3.8, 4) is 0 Å². The summed E-state index contributed by atoms with van der Waals surface area (Å²) in [5.74, 6) is 0. The molecule has 0 aromatic carbocycles. The van der Waals surface area contributed by atoms with Crippen molar-refractivity contribution >= 4 is 0 Å². The van der Waals surface area contributed by atoms with Gasteiger partial charge in [-0.1, -0.05) is 0 Å². The zero-order valence-corrected chi connectivity index (χ0v) is 8.98. The van der Waals surface area contributed by atoms with Crippen molar-refractivity contribution in [1.29, 1.82) is 0 Å². The second-order valence-corrected chi connectivity index (χ2v) is 5.14. The van der Waals surface area contributed by atoms with E-state index in [2.05, 4.69) is 39.8 Å². The lowest BCUT2D eigenvalue weighted by Gasteiger charge is -2.29. The molecule has 0 unspecified atom stereocenters. The van der Waals surface area contributed by atoms with Gasteiger partial charge in [0.1, 0.15) is 0 Å². The molecule has 72 valence electrons. The van der Waals surface area contributed by atoms with Crippen LogP contribution in [0.1, 0.15) is 33.6 Å². The van der Waals surface area contributed by atoms with Crippen LogP contribution in [0.15, 0.2) is 0 Å². The SMILES string of the molecule is CN(C)CC1(OC(C)(C)C)CC1. The standard InChI is InChI=1S/C10H21NO/c1-9(2,3)12-10(6-7-10)8-11(4)5/h6-8H2,1-5H3. The number of likely N-dealkylation sites (N-methyl/N-ethyl adjacent to an activating group) is 1. The monoisotopic (exact) mass is 171 g/mol. The zero-order valence-electron chi connectivity index (χ0n) is 8.98. The van der Waals surface area contributed by atoms with Crippen LogP contribution in [0.2, 0.25) is 0 Å². The maximum absolute atomic E-state index is 6.01. The topological polar surface area (TPSA) is 12.5 Å². The summed E-state index contributed by atoms with van der Waals surface area (Å²) in [5.41, 5.74) is 0.189. The van der Waals surface area contributed by atoms with E-state index >= 15 is 0 Å². The molecule has 0 heterocycles. The number of hydrogen-bond donors (Lipinski definition) is 0. The fourth-order valence-electron chi connectivity index (χ4n) is 1.66. The van der Waals surface area contributed by atoms with E-state index in [1.165, 1.54) is 12.8 Å². The van der Waals surface area contributed by atoms with Gasteiger partial charge in [0.25, 0.3) is 0 Å². The van der Waals surface area contributed by atoms with Crippen LogP contribution in [0.5, 0.6) is 0 Å². The number of rotatable bonds is 3. The molecular formula is C10H21NO. The molecule has 0 atom stereocenters. The van der Waals surface area contributed by atoms with Gasteiger partial charge >= 0.3 is 0 Å². The zero-order chi connectivity index (χ0) is 9.41. The van der Waals surface area contributed by atoms with Gasteiger partial charge in [0.2, 0.25) is 0 Å². The molecule has 0 amide bonds. The molecule has 0 aliphatic heterocycles. The van der Waals surface area contributed by atoms with Crippen LogP contribution >= 0.6 is 0 Å². The van der Waals surface area contributed by atoms with Gasteiger partial charge in [-0.05, 0) is 47.7 Å². The molecule has 0 aromatic rings.